The number of ether oxygens (including phenoxy) is 1. The lowest BCUT2D eigenvalue weighted by atomic mass is 9.99. The van der Waals surface area contributed by atoms with Gasteiger partial charge in [-0.2, -0.15) is 0 Å². The highest BCUT2D eigenvalue weighted by Gasteiger charge is 2.24. The van der Waals surface area contributed by atoms with Gasteiger partial charge < -0.3 is 15.8 Å². The summed E-state index contributed by atoms with van der Waals surface area (Å²) in [6, 6.07) is -0.188. The van der Waals surface area contributed by atoms with E-state index in [1.165, 1.54) is 25.7 Å². The molecule has 0 aliphatic heterocycles. The van der Waals surface area contributed by atoms with Crippen molar-refractivity contribution in [2.45, 2.75) is 51.1 Å². The largest absolute Gasteiger partial charge is 0.385 e. The molecule has 2 atom stereocenters. The summed E-state index contributed by atoms with van der Waals surface area (Å²) in [5, 5.41) is 3.01. The maximum atomic E-state index is 11.7. The van der Waals surface area contributed by atoms with Gasteiger partial charge in [-0.1, -0.05) is 12.8 Å². The molecule has 94 valence electrons. The zero-order valence-electron chi connectivity index (χ0n) is 10.4. The Hall–Kier alpha value is -0.610. The Morgan fingerprint density at radius 1 is 1.50 bits per heavy atom. The smallest absolute Gasteiger partial charge is 0.237 e. The molecule has 0 radical (unpaired) electrons. The Morgan fingerprint density at radius 3 is 2.69 bits per heavy atom. The lowest BCUT2D eigenvalue weighted by Crippen LogP contribution is -2.46. The zero-order chi connectivity index (χ0) is 12.0. The second-order valence-electron chi connectivity index (χ2n) is 4.73. The molecule has 1 aliphatic rings. The van der Waals surface area contributed by atoms with Crippen molar-refractivity contribution in [3.05, 3.63) is 0 Å². The van der Waals surface area contributed by atoms with E-state index in [-0.39, 0.29) is 11.9 Å². The van der Waals surface area contributed by atoms with Crippen molar-refractivity contribution in [3.63, 3.8) is 0 Å². The number of nitrogens with two attached hydrogens (primary N) is 1. The number of amides is 1. The zero-order valence-corrected chi connectivity index (χ0v) is 10.4. The predicted molar refractivity (Wildman–Crippen MR) is 64.0 cm³/mol. The van der Waals surface area contributed by atoms with Gasteiger partial charge in [0.2, 0.25) is 5.91 Å². The monoisotopic (exact) mass is 228 g/mol. The van der Waals surface area contributed by atoms with Crippen molar-refractivity contribution < 1.29 is 9.53 Å². The van der Waals surface area contributed by atoms with Crippen LogP contribution >= 0.6 is 0 Å². The van der Waals surface area contributed by atoms with Crippen LogP contribution in [0.3, 0.4) is 0 Å². The minimum Gasteiger partial charge on any atom is -0.385 e. The van der Waals surface area contributed by atoms with Crippen molar-refractivity contribution in [2.24, 2.45) is 11.7 Å². The lowest BCUT2D eigenvalue weighted by molar-refractivity contribution is -0.123. The van der Waals surface area contributed by atoms with Crippen LogP contribution in [0.25, 0.3) is 0 Å². The predicted octanol–water partition coefficient (Wildman–Crippen LogP) is 1.05. The molecule has 0 aromatic rings. The number of carbonyl (C=O) groups excluding carboxylic acids is 1. The highest BCUT2D eigenvalue weighted by molar-refractivity contribution is 5.81. The van der Waals surface area contributed by atoms with E-state index in [0.29, 0.717) is 18.9 Å². The summed E-state index contributed by atoms with van der Waals surface area (Å²) in [5.74, 6) is 0.593. The summed E-state index contributed by atoms with van der Waals surface area (Å²) in [5.41, 5.74) is 5.76. The SMILES string of the molecule is COCCC(N)C(=O)N[C@H](C)C1CCCC1. The summed E-state index contributed by atoms with van der Waals surface area (Å²) < 4.78 is 4.91. The lowest BCUT2D eigenvalue weighted by Gasteiger charge is -2.22. The first kappa shape index (κ1) is 13.5. The van der Waals surface area contributed by atoms with Crippen molar-refractivity contribution in [2.75, 3.05) is 13.7 Å². The number of rotatable bonds is 6. The van der Waals surface area contributed by atoms with Gasteiger partial charge in [-0.15, -0.1) is 0 Å². The molecule has 1 amide bonds. The Balaban J connectivity index is 2.26. The first-order valence-corrected chi connectivity index (χ1v) is 6.20. The Morgan fingerprint density at radius 2 is 2.12 bits per heavy atom. The van der Waals surface area contributed by atoms with Crippen molar-refractivity contribution in [1.82, 2.24) is 5.32 Å². The molecule has 3 N–H and O–H groups in total. The Labute approximate surface area is 97.9 Å². The molecule has 1 saturated carbocycles. The average Bonchev–Trinajstić information content (AvgIpc) is 2.79. The molecule has 0 aromatic carbocycles. The molecule has 1 unspecified atom stereocenters. The minimum absolute atomic E-state index is 0.0450. The molecule has 0 saturated heterocycles. The van der Waals surface area contributed by atoms with Crippen LogP contribution in [0.15, 0.2) is 0 Å². The fraction of sp³-hybridized carbons (Fsp3) is 0.917. The fourth-order valence-electron chi connectivity index (χ4n) is 2.28. The van der Waals surface area contributed by atoms with Crippen LogP contribution in [0.4, 0.5) is 0 Å². The highest BCUT2D eigenvalue weighted by atomic mass is 16.5. The van der Waals surface area contributed by atoms with Crippen LogP contribution in [0, 0.1) is 5.92 Å². The molecule has 1 rings (SSSR count). The topological polar surface area (TPSA) is 64.3 Å². The first-order valence-electron chi connectivity index (χ1n) is 6.20. The Kier molecular flexibility index (Phi) is 5.77. The number of hydrogen-bond donors (Lipinski definition) is 2. The number of carbonyl (C=O) groups is 1. The molecule has 4 nitrogen and oxygen atoms in total. The van der Waals surface area contributed by atoms with Gasteiger partial charge in [-0.25, -0.2) is 0 Å². The number of methoxy groups -OCH3 is 1. The molecule has 4 heteroatoms. The van der Waals surface area contributed by atoms with Gasteiger partial charge in [0.05, 0.1) is 6.04 Å². The van der Waals surface area contributed by atoms with E-state index in [9.17, 15) is 4.79 Å². The van der Waals surface area contributed by atoms with Crippen LogP contribution in [-0.2, 0) is 9.53 Å². The van der Waals surface area contributed by atoms with Gasteiger partial charge >= 0.3 is 0 Å². The van der Waals surface area contributed by atoms with Gasteiger partial charge in [0.15, 0.2) is 0 Å². The molecule has 16 heavy (non-hydrogen) atoms. The van der Waals surface area contributed by atoms with E-state index in [1.807, 2.05) is 0 Å². The summed E-state index contributed by atoms with van der Waals surface area (Å²) >= 11 is 0. The number of nitrogens with one attached hydrogen (secondary N) is 1. The standard InChI is InChI=1S/C12H24N2O2/c1-9(10-5-3-4-6-10)14-12(15)11(13)7-8-16-2/h9-11H,3-8,13H2,1-2H3,(H,14,15)/t9-,11?/m1/s1. The van der Waals surface area contributed by atoms with Gasteiger partial charge in [0.1, 0.15) is 0 Å². The van der Waals surface area contributed by atoms with Gasteiger partial charge in [0.25, 0.3) is 0 Å². The molecular formula is C12H24N2O2. The molecular weight excluding hydrogens is 204 g/mol. The van der Waals surface area contributed by atoms with E-state index >= 15 is 0 Å². The Bertz CT molecular complexity index is 215. The summed E-state index contributed by atoms with van der Waals surface area (Å²) in [6.07, 6.45) is 5.63. The maximum Gasteiger partial charge on any atom is 0.237 e. The van der Waals surface area contributed by atoms with Crippen LogP contribution in [0.2, 0.25) is 0 Å². The fourth-order valence-corrected chi connectivity index (χ4v) is 2.28. The van der Waals surface area contributed by atoms with Crippen LogP contribution < -0.4 is 11.1 Å². The second-order valence-corrected chi connectivity index (χ2v) is 4.73. The quantitative estimate of drug-likeness (QED) is 0.714. The number of hydrogen-bond acceptors (Lipinski definition) is 3. The van der Waals surface area contributed by atoms with Crippen molar-refractivity contribution >= 4 is 5.91 Å². The summed E-state index contributed by atoms with van der Waals surface area (Å²) in [4.78, 5) is 11.7. The van der Waals surface area contributed by atoms with E-state index in [0.717, 1.165) is 0 Å². The molecule has 0 spiro atoms. The molecule has 0 aromatic heterocycles. The van der Waals surface area contributed by atoms with Crippen molar-refractivity contribution in [1.29, 1.82) is 0 Å². The molecule has 1 aliphatic carbocycles. The van der Waals surface area contributed by atoms with Gasteiger partial charge in [-0.05, 0) is 32.1 Å². The van der Waals surface area contributed by atoms with Crippen molar-refractivity contribution in [3.8, 4) is 0 Å². The minimum atomic E-state index is -0.441. The third kappa shape index (κ3) is 4.10. The normalized spacial score (nSPS) is 20.7. The van der Waals surface area contributed by atoms with E-state index in [2.05, 4.69) is 12.2 Å². The molecule has 0 heterocycles. The average molecular weight is 228 g/mol. The van der Waals surface area contributed by atoms with Crippen LogP contribution in [-0.4, -0.2) is 31.7 Å². The van der Waals surface area contributed by atoms with Crippen LogP contribution in [0.5, 0.6) is 0 Å². The van der Waals surface area contributed by atoms with Gasteiger partial charge in [0, 0.05) is 19.8 Å². The van der Waals surface area contributed by atoms with E-state index in [4.69, 9.17) is 10.5 Å². The molecule has 0 bridgehead atoms. The van der Waals surface area contributed by atoms with E-state index < -0.39 is 6.04 Å². The first-order chi connectivity index (χ1) is 7.65. The van der Waals surface area contributed by atoms with Crippen LogP contribution in [0.1, 0.15) is 39.0 Å². The summed E-state index contributed by atoms with van der Waals surface area (Å²) in [7, 11) is 1.62. The maximum absolute atomic E-state index is 11.7. The third-order valence-corrected chi connectivity index (χ3v) is 3.45. The second kappa shape index (κ2) is 6.86. The highest BCUT2D eigenvalue weighted by Crippen LogP contribution is 2.27. The van der Waals surface area contributed by atoms with Gasteiger partial charge in [-0.3, -0.25) is 4.79 Å². The summed E-state index contributed by atoms with van der Waals surface area (Å²) in [6.45, 7) is 2.61. The third-order valence-electron chi connectivity index (χ3n) is 3.45. The molecule has 1 fully saturated rings. The van der Waals surface area contributed by atoms with E-state index in [1.54, 1.807) is 7.11 Å².